The van der Waals surface area contributed by atoms with Gasteiger partial charge < -0.3 is 36.1 Å². The lowest BCUT2D eigenvalue weighted by Gasteiger charge is -2.09. The van der Waals surface area contributed by atoms with Crippen LogP contribution in [0.15, 0.2) is 116 Å². The predicted molar refractivity (Wildman–Crippen MR) is 264 cm³/mol. The number of aromatic nitrogens is 9. The van der Waals surface area contributed by atoms with E-state index in [9.17, 15) is 13.2 Å². The van der Waals surface area contributed by atoms with Crippen LogP contribution in [0.2, 0.25) is 15.7 Å². The molecule has 0 aliphatic heterocycles. The number of halogens is 6. The third-order valence-corrected chi connectivity index (χ3v) is 10.1. The lowest BCUT2D eigenvalue weighted by molar-refractivity contribution is 0.414. The van der Waals surface area contributed by atoms with Gasteiger partial charge in [-0.15, -0.1) is 0 Å². The molecule has 6 aromatic heterocycles. The van der Waals surface area contributed by atoms with E-state index in [2.05, 4.69) is 61.6 Å². The van der Waals surface area contributed by atoms with Crippen LogP contribution in [-0.2, 0) is 6.42 Å². The topological polar surface area (TPSA) is 184 Å². The van der Waals surface area contributed by atoms with E-state index in [-0.39, 0.29) is 34.8 Å². The van der Waals surface area contributed by atoms with Crippen molar-refractivity contribution in [2.45, 2.75) is 34.6 Å². The Morgan fingerprint density at radius 2 is 1.07 bits per heavy atom. The van der Waals surface area contributed by atoms with E-state index in [0.717, 1.165) is 79.5 Å². The summed E-state index contributed by atoms with van der Waals surface area (Å²) in [6, 6.07) is 31.2. The van der Waals surface area contributed by atoms with Gasteiger partial charge in [-0.2, -0.15) is 4.98 Å². The van der Waals surface area contributed by atoms with Crippen molar-refractivity contribution in [1.82, 2.24) is 44.9 Å². The molecule has 10 aromatic rings. The maximum absolute atomic E-state index is 14.2. The highest BCUT2D eigenvalue weighted by Gasteiger charge is 2.11. The number of aromatic amines is 3. The smallest absolute Gasteiger partial charge is 0.224 e. The van der Waals surface area contributed by atoms with Crippen molar-refractivity contribution in [2.24, 2.45) is 0 Å². The van der Waals surface area contributed by atoms with E-state index in [1.807, 2.05) is 112 Å². The van der Waals surface area contributed by atoms with Crippen LogP contribution in [0.3, 0.4) is 0 Å². The number of hydrogen-bond donors (Lipinski definition) is 6. The van der Waals surface area contributed by atoms with E-state index < -0.39 is 17.5 Å². The highest BCUT2D eigenvalue weighted by Crippen LogP contribution is 2.26. The fraction of sp³-hybridized carbons (Fsp3) is 0.125. The van der Waals surface area contributed by atoms with Gasteiger partial charge in [0.2, 0.25) is 10.6 Å². The van der Waals surface area contributed by atoms with Crippen molar-refractivity contribution in [3.63, 3.8) is 0 Å². The maximum Gasteiger partial charge on any atom is 0.224 e. The van der Waals surface area contributed by atoms with Gasteiger partial charge in [0.1, 0.15) is 11.6 Å². The fourth-order valence-electron chi connectivity index (χ4n) is 6.58. The number of rotatable bonds is 7. The molecule has 0 amide bonds. The summed E-state index contributed by atoms with van der Waals surface area (Å²) in [7, 11) is 1.62. The van der Waals surface area contributed by atoms with Crippen molar-refractivity contribution in [1.29, 1.82) is 0 Å². The molecule has 0 spiro atoms. The van der Waals surface area contributed by atoms with Crippen LogP contribution in [0, 0.1) is 38.2 Å². The lowest BCUT2D eigenvalue weighted by atomic mass is 10.1. The summed E-state index contributed by atoms with van der Waals surface area (Å²) in [5, 5.41) is 8.93. The molecule has 19 heteroatoms. The van der Waals surface area contributed by atoms with Gasteiger partial charge in [0.05, 0.1) is 25.7 Å². The lowest BCUT2D eigenvalue weighted by Crippen LogP contribution is -2.04. The first kappa shape index (κ1) is 49.0. The van der Waals surface area contributed by atoms with Gasteiger partial charge in [0.25, 0.3) is 0 Å². The molecule has 0 aliphatic rings. The van der Waals surface area contributed by atoms with Gasteiger partial charge in [-0.3, -0.25) is 0 Å². The summed E-state index contributed by atoms with van der Waals surface area (Å²) >= 11 is 16.1. The van der Waals surface area contributed by atoms with Crippen molar-refractivity contribution >= 4 is 96.2 Å². The number of nitrogens with one attached hydrogen (secondary N) is 5. The Hall–Kier alpha value is -7.40. The second kappa shape index (κ2) is 22.2. The molecule has 6 heterocycles. The minimum Gasteiger partial charge on any atom is -0.497 e. The number of anilines is 5. The number of hydrogen-bond acceptors (Lipinski definition) is 10. The molecule has 0 radical (unpaired) electrons. The van der Waals surface area contributed by atoms with Crippen LogP contribution < -0.4 is 21.1 Å². The van der Waals surface area contributed by atoms with Crippen LogP contribution in [0.5, 0.6) is 5.75 Å². The fourth-order valence-corrected chi connectivity index (χ4v) is 7.02. The molecule has 10 rings (SSSR count). The summed E-state index contributed by atoms with van der Waals surface area (Å²) in [4.78, 5) is 32.2. The van der Waals surface area contributed by atoms with E-state index in [1.54, 1.807) is 7.11 Å². The van der Waals surface area contributed by atoms with Gasteiger partial charge in [0.15, 0.2) is 34.2 Å². The van der Waals surface area contributed by atoms with Gasteiger partial charge >= 0.3 is 0 Å². The largest absolute Gasteiger partial charge is 0.497 e. The Morgan fingerprint density at radius 3 is 1.61 bits per heavy atom. The van der Waals surface area contributed by atoms with Gasteiger partial charge in [-0.25, -0.2) is 38.1 Å². The molecule has 0 atom stereocenters. The first-order chi connectivity index (χ1) is 31.7. The van der Waals surface area contributed by atoms with Crippen LogP contribution in [0.1, 0.15) is 35.9 Å². The van der Waals surface area contributed by atoms with Crippen LogP contribution in [0.25, 0.3) is 32.7 Å². The Balaban J connectivity index is 0.000000160. The van der Waals surface area contributed by atoms with Crippen LogP contribution in [-0.4, -0.2) is 52.0 Å². The second-order valence-corrected chi connectivity index (χ2v) is 15.7. The van der Waals surface area contributed by atoms with Crippen molar-refractivity contribution in [3.8, 4) is 5.75 Å². The zero-order chi connectivity index (χ0) is 46.9. The summed E-state index contributed by atoms with van der Waals surface area (Å²) in [6.07, 6.45) is 3.64. The van der Waals surface area contributed by atoms with Crippen LogP contribution in [0.4, 0.5) is 41.9 Å². The first-order valence-electron chi connectivity index (χ1n) is 19.9. The molecule has 0 fully saturated rings. The minimum atomic E-state index is -0.666. The van der Waals surface area contributed by atoms with Gasteiger partial charge in [-0.1, -0.05) is 31.2 Å². The van der Waals surface area contributed by atoms with E-state index in [1.165, 1.54) is 17.3 Å². The first-order valence-corrected chi connectivity index (χ1v) is 21.0. The second-order valence-electron chi connectivity index (χ2n) is 14.7. The Labute approximate surface area is 398 Å². The van der Waals surface area contributed by atoms with Gasteiger partial charge in [0, 0.05) is 73.3 Å². The number of ether oxygens (including phenoxy) is 1. The summed E-state index contributed by atoms with van der Waals surface area (Å²) < 4.78 is 45.2. The molecule has 7 N–H and O–H groups in total. The molecular formula is C48H44Cl3F3N12O. The molecule has 344 valence electrons. The molecular weight excluding hydrogens is 924 g/mol. The number of fused-ring (bicyclic) bond motifs is 3. The number of methoxy groups -OCH3 is 1. The number of nitrogen functional groups attached to an aromatic ring is 1. The minimum absolute atomic E-state index is 0. The Kier molecular flexibility index (Phi) is 16.2. The number of benzene rings is 4. The third kappa shape index (κ3) is 13.3. The monoisotopic (exact) mass is 966 g/mol. The normalized spacial score (nSPS) is 10.5. The van der Waals surface area contributed by atoms with Gasteiger partial charge in [-0.05, 0) is 134 Å². The highest BCUT2D eigenvalue weighted by atomic mass is 35.5. The number of nitrogens with zero attached hydrogens (tertiary/aromatic N) is 6. The average molecular weight is 968 g/mol. The zero-order valence-corrected chi connectivity index (χ0v) is 37.9. The molecule has 4 aromatic carbocycles. The Morgan fingerprint density at radius 1 is 0.582 bits per heavy atom. The van der Waals surface area contributed by atoms with Crippen LogP contribution >= 0.6 is 34.8 Å². The summed E-state index contributed by atoms with van der Waals surface area (Å²) in [5.41, 5.74) is 15.5. The molecule has 13 nitrogen and oxygen atoms in total. The zero-order valence-electron chi connectivity index (χ0n) is 35.6. The SMILES string of the molecule is C.COc1cccc(Cc2ncc(F)c(Nc3ccc4[nH]c(C)cc4c3)n2)c1.Cc1cc2cc(N)ccc2[nH]1.Cc1cc2cc(Nc3nc(Cl)ncc3F)ccc2[nH]1.Fc1cnc(Cl)nc1Cl. The average Bonchev–Trinajstić information content (AvgIpc) is 3.98. The Bertz CT molecular complexity index is 3290. The third-order valence-electron chi connectivity index (χ3n) is 9.49. The van der Waals surface area contributed by atoms with E-state index in [0.29, 0.717) is 12.2 Å². The molecule has 0 saturated carbocycles. The molecule has 0 bridgehead atoms. The van der Waals surface area contributed by atoms with Crippen molar-refractivity contribution in [3.05, 3.63) is 177 Å². The molecule has 0 aliphatic carbocycles. The van der Waals surface area contributed by atoms with Crippen molar-refractivity contribution in [2.75, 3.05) is 23.5 Å². The summed E-state index contributed by atoms with van der Waals surface area (Å²) in [6.45, 7) is 6.02. The maximum atomic E-state index is 14.2. The molecule has 0 unspecified atom stereocenters. The predicted octanol–water partition coefficient (Wildman–Crippen LogP) is 13.2. The summed E-state index contributed by atoms with van der Waals surface area (Å²) in [5.74, 6) is -0.180. The van der Waals surface area contributed by atoms with E-state index >= 15 is 0 Å². The number of aryl methyl sites for hydroxylation is 3. The number of H-pyrrole nitrogens is 3. The standard InChI is InChI=1S/C21H19FN4O.C13H10ClFN4.C9H10N2.C4HCl2FN2.CH4/c1-13-8-15-11-16(6-7-19(15)24-13)25-21-18(22)12-23-20(26-21)10-14-4-3-5-17(9-14)27-2;1-7-4-8-5-9(2-3-11(8)17-7)18-12-10(15)6-16-13(14)19-12;1-6-4-7-5-8(10)2-3-9(7)11-6;5-3-2(7)1-8-4(6)9-3;/h3-9,11-12,24H,10H2,1-2H3,(H,23,25,26);2-6,17H,1H3,(H,16,18,19);2-5,11H,10H2,1H3;1H;1H4. The molecule has 67 heavy (non-hydrogen) atoms. The molecule has 0 saturated heterocycles. The van der Waals surface area contributed by atoms with Crippen molar-refractivity contribution < 1.29 is 17.9 Å². The number of nitrogens with two attached hydrogens (primary N) is 1. The highest BCUT2D eigenvalue weighted by molar-refractivity contribution is 6.31. The quantitative estimate of drug-likeness (QED) is 0.0510. The van der Waals surface area contributed by atoms with E-state index in [4.69, 9.17) is 45.3 Å².